The molecule has 1 saturated heterocycles. The van der Waals surface area contributed by atoms with Crippen molar-refractivity contribution in [3.05, 3.63) is 17.0 Å². The average Bonchev–Trinajstić information content (AvgIpc) is 2.97. The molecule has 1 aromatic heterocycles. The molecule has 1 N–H and O–H groups in total. The minimum Gasteiger partial charge on any atom is -0.381 e. The summed E-state index contributed by atoms with van der Waals surface area (Å²) in [4.78, 5) is 14.5. The predicted octanol–water partition coefficient (Wildman–Crippen LogP) is 2.32. The number of nitrogens with zero attached hydrogens (tertiary/aromatic N) is 2. The molecule has 3 rings (SSSR count). The lowest BCUT2D eigenvalue weighted by molar-refractivity contribution is -0.00701. The number of rotatable bonds is 4. The van der Waals surface area contributed by atoms with Crippen molar-refractivity contribution in [2.75, 3.05) is 26.8 Å². The zero-order valence-corrected chi connectivity index (χ0v) is 14.3. The molecule has 0 bridgehead atoms. The molecular formula is C17H27N3O3. The van der Waals surface area contributed by atoms with Crippen molar-refractivity contribution < 1.29 is 14.3 Å². The van der Waals surface area contributed by atoms with E-state index >= 15 is 0 Å². The van der Waals surface area contributed by atoms with Crippen molar-refractivity contribution in [1.82, 2.24) is 15.1 Å². The van der Waals surface area contributed by atoms with Crippen LogP contribution >= 0.6 is 0 Å². The number of hydrogen-bond donors (Lipinski definition) is 1. The van der Waals surface area contributed by atoms with Crippen LogP contribution in [0, 0.1) is 5.92 Å². The van der Waals surface area contributed by atoms with E-state index in [4.69, 9.17) is 9.47 Å². The molecule has 2 aliphatic rings. The van der Waals surface area contributed by atoms with Crippen LogP contribution in [0.1, 0.15) is 61.0 Å². The Morgan fingerprint density at radius 1 is 1.35 bits per heavy atom. The number of carbonyl (C=O) groups is 1. The van der Waals surface area contributed by atoms with Crippen LogP contribution in [0.2, 0.25) is 0 Å². The van der Waals surface area contributed by atoms with Gasteiger partial charge in [-0.15, -0.1) is 0 Å². The van der Waals surface area contributed by atoms with Crippen LogP contribution < -0.4 is 0 Å². The molecule has 0 saturated carbocycles. The molecule has 2 aliphatic heterocycles. The number of H-pyrrole nitrogens is 1. The van der Waals surface area contributed by atoms with Crippen LogP contribution in [0.25, 0.3) is 0 Å². The SMILES string of the molecule is C[C@@H]1Cc2c(C(=O)N(C)CCC3CCOCC3)n[nH]c2[C@H](C)O1. The Hall–Kier alpha value is -1.40. The molecule has 3 heterocycles. The van der Waals surface area contributed by atoms with Gasteiger partial charge in [0.15, 0.2) is 5.69 Å². The van der Waals surface area contributed by atoms with Gasteiger partial charge in [-0.1, -0.05) is 0 Å². The first kappa shape index (κ1) is 16.5. The molecule has 1 aromatic rings. The van der Waals surface area contributed by atoms with Gasteiger partial charge in [0.1, 0.15) is 0 Å². The highest BCUT2D eigenvalue weighted by molar-refractivity contribution is 5.94. The summed E-state index contributed by atoms with van der Waals surface area (Å²) in [5.74, 6) is 0.677. The lowest BCUT2D eigenvalue weighted by Gasteiger charge is -2.26. The van der Waals surface area contributed by atoms with Crippen LogP contribution in [0.3, 0.4) is 0 Å². The first-order valence-electron chi connectivity index (χ1n) is 8.62. The Balaban J connectivity index is 1.63. The summed E-state index contributed by atoms with van der Waals surface area (Å²) in [6.45, 7) is 6.51. The van der Waals surface area contributed by atoms with Crippen molar-refractivity contribution in [2.45, 2.75) is 51.7 Å². The Kier molecular flexibility index (Phi) is 5.02. The Labute approximate surface area is 137 Å². The van der Waals surface area contributed by atoms with E-state index in [1.165, 1.54) is 0 Å². The van der Waals surface area contributed by atoms with Crippen LogP contribution in [0.5, 0.6) is 0 Å². The third-order valence-electron chi connectivity index (χ3n) is 5.00. The molecule has 23 heavy (non-hydrogen) atoms. The fourth-order valence-corrected chi connectivity index (χ4v) is 3.54. The van der Waals surface area contributed by atoms with Crippen molar-refractivity contribution >= 4 is 5.91 Å². The van der Waals surface area contributed by atoms with Crippen molar-refractivity contribution in [3.8, 4) is 0 Å². The van der Waals surface area contributed by atoms with E-state index in [0.29, 0.717) is 11.6 Å². The van der Waals surface area contributed by atoms with Crippen molar-refractivity contribution in [3.63, 3.8) is 0 Å². The summed E-state index contributed by atoms with van der Waals surface area (Å²) >= 11 is 0. The molecular weight excluding hydrogens is 294 g/mol. The maximum absolute atomic E-state index is 12.7. The van der Waals surface area contributed by atoms with Crippen LogP contribution in [0.15, 0.2) is 0 Å². The van der Waals surface area contributed by atoms with Crippen LogP contribution in [-0.2, 0) is 15.9 Å². The second kappa shape index (κ2) is 7.01. The number of ether oxygens (including phenoxy) is 2. The summed E-state index contributed by atoms with van der Waals surface area (Å²) in [5, 5.41) is 7.28. The Morgan fingerprint density at radius 3 is 2.83 bits per heavy atom. The summed E-state index contributed by atoms with van der Waals surface area (Å²) in [5.41, 5.74) is 2.54. The lowest BCUT2D eigenvalue weighted by atomic mass is 9.96. The van der Waals surface area contributed by atoms with E-state index in [9.17, 15) is 4.79 Å². The summed E-state index contributed by atoms with van der Waals surface area (Å²) < 4.78 is 11.2. The second-order valence-electron chi connectivity index (χ2n) is 6.83. The molecule has 1 amide bonds. The topological polar surface area (TPSA) is 67.5 Å². The molecule has 6 nitrogen and oxygen atoms in total. The average molecular weight is 321 g/mol. The maximum atomic E-state index is 12.7. The first-order valence-corrected chi connectivity index (χ1v) is 8.62. The van der Waals surface area contributed by atoms with Crippen molar-refractivity contribution in [1.29, 1.82) is 0 Å². The lowest BCUT2D eigenvalue weighted by Crippen LogP contribution is -2.32. The van der Waals surface area contributed by atoms with Gasteiger partial charge in [0.2, 0.25) is 0 Å². The van der Waals surface area contributed by atoms with E-state index in [-0.39, 0.29) is 18.1 Å². The summed E-state index contributed by atoms with van der Waals surface area (Å²) in [7, 11) is 1.87. The largest absolute Gasteiger partial charge is 0.381 e. The molecule has 0 aromatic carbocycles. The summed E-state index contributed by atoms with van der Waals surface area (Å²) in [6, 6.07) is 0. The van der Waals surface area contributed by atoms with Gasteiger partial charge in [0.25, 0.3) is 5.91 Å². The number of aromatic amines is 1. The second-order valence-corrected chi connectivity index (χ2v) is 6.83. The van der Waals surface area contributed by atoms with Gasteiger partial charge in [0.05, 0.1) is 17.9 Å². The monoisotopic (exact) mass is 321 g/mol. The third-order valence-corrected chi connectivity index (χ3v) is 5.00. The third kappa shape index (κ3) is 3.58. The van der Waals surface area contributed by atoms with Gasteiger partial charge < -0.3 is 14.4 Å². The van der Waals surface area contributed by atoms with Crippen molar-refractivity contribution in [2.24, 2.45) is 5.92 Å². The van der Waals surface area contributed by atoms with Gasteiger partial charge in [-0.3, -0.25) is 9.89 Å². The molecule has 6 heteroatoms. The fraction of sp³-hybridized carbons (Fsp3) is 0.765. The highest BCUT2D eigenvalue weighted by Crippen LogP contribution is 2.30. The Morgan fingerprint density at radius 2 is 2.09 bits per heavy atom. The maximum Gasteiger partial charge on any atom is 0.274 e. The standard InChI is InChI=1S/C17H27N3O3/c1-11-10-14-15(12(2)23-11)18-19-16(14)17(21)20(3)7-4-13-5-8-22-9-6-13/h11-13H,4-10H2,1-3H3,(H,18,19)/t11-,12+/m1/s1. The molecule has 0 unspecified atom stereocenters. The molecule has 0 aliphatic carbocycles. The minimum atomic E-state index is -0.0321. The normalized spacial score (nSPS) is 25.2. The number of carbonyl (C=O) groups excluding carboxylic acids is 1. The quantitative estimate of drug-likeness (QED) is 0.924. The van der Waals surface area contributed by atoms with Crippen LogP contribution in [-0.4, -0.2) is 53.9 Å². The van der Waals surface area contributed by atoms with Gasteiger partial charge in [-0.25, -0.2) is 0 Å². The van der Waals surface area contributed by atoms with Crippen LogP contribution in [0.4, 0.5) is 0 Å². The number of hydrogen-bond acceptors (Lipinski definition) is 4. The molecule has 1 fully saturated rings. The van der Waals surface area contributed by atoms with E-state index in [1.807, 2.05) is 20.9 Å². The number of fused-ring (bicyclic) bond motifs is 1. The highest BCUT2D eigenvalue weighted by atomic mass is 16.5. The van der Waals surface area contributed by atoms with Gasteiger partial charge in [-0.05, 0) is 39.0 Å². The zero-order chi connectivity index (χ0) is 16.4. The van der Waals surface area contributed by atoms with Gasteiger partial charge >= 0.3 is 0 Å². The van der Waals surface area contributed by atoms with E-state index in [0.717, 1.165) is 56.7 Å². The smallest absolute Gasteiger partial charge is 0.274 e. The predicted molar refractivity (Wildman–Crippen MR) is 86.4 cm³/mol. The molecule has 2 atom stereocenters. The zero-order valence-electron chi connectivity index (χ0n) is 14.3. The summed E-state index contributed by atoms with van der Waals surface area (Å²) in [6.07, 6.45) is 4.07. The minimum absolute atomic E-state index is 0.0101. The number of amides is 1. The van der Waals surface area contributed by atoms with E-state index in [1.54, 1.807) is 4.90 Å². The molecule has 0 radical (unpaired) electrons. The Bertz CT molecular complexity index is 551. The van der Waals surface area contributed by atoms with Gasteiger partial charge in [-0.2, -0.15) is 5.10 Å². The highest BCUT2D eigenvalue weighted by Gasteiger charge is 2.30. The first-order chi connectivity index (χ1) is 11.1. The number of aromatic nitrogens is 2. The fourth-order valence-electron chi connectivity index (χ4n) is 3.54. The molecule has 128 valence electrons. The van der Waals surface area contributed by atoms with E-state index in [2.05, 4.69) is 10.2 Å². The van der Waals surface area contributed by atoms with E-state index < -0.39 is 0 Å². The van der Waals surface area contributed by atoms with Gasteiger partial charge in [0, 0.05) is 38.8 Å². The molecule has 0 spiro atoms. The number of nitrogens with one attached hydrogen (secondary N) is 1.